The van der Waals surface area contributed by atoms with Crippen LogP contribution in [0.5, 0.6) is 5.75 Å². The molecule has 1 heteroatoms. The quantitative estimate of drug-likeness (QED) is 0.758. The maximum Gasteiger partial charge on any atom is 0.118 e. The van der Waals surface area contributed by atoms with E-state index in [1.54, 1.807) is 6.07 Å². The van der Waals surface area contributed by atoms with Crippen molar-refractivity contribution in [3.05, 3.63) is 65.2 Å². The molecule has 0 unspecified atom stereocenters. The lowest BCUT2D eigenvalue weighted by Gasteiger charge is -2.19. The number of benzene rings is 2. The number of phenols is 1. The van der Waals surface area contributed by atoms with Gasteiger partial charge < -0.3 is 5.11 Å². The Labute approximate surface area is 114 Å². The fraction of sp³-hybridized carbons (Fsp3) is 0.222. The van der Waals surface area contributed by atoms with Crippen molar-refractivity contribution < 1.29 is 5.11 Å². The van der Waals surface area contributed by atoms with Gasteiger partial charge in [-0.1, -0.05) is 42.2 Å². The number of aromatic hydroxyl groups is 1. The predicted molar refractivity (Wildman–Crippen MR) is 79.2 cm³/mol. The van der Waals surface area contributed by atoms with Gasteiger partial charge in [0.1, 0.15) is 5.75 Å². The number of hydrogen-bond donors (Lipinski definition) is 1. The molecule has 96 valence electrons. The molecule has 0 aliphatic carbocycles. The van der Waals surface area contributed by atoms with Crippen molar-refractivity contribution in [3.63, 3.8) is 0 Å². The topological polar surface area (TPSA) is 20.2 Å². The molecule has 0 saturated heterocycles. The van der Waals surface area contributed by atoms with E-state index in [4.69, 9.17) is 0 Å². The molecule has 2 aromatic carbocycles. The van der Waals surface area contributed by atoms with Crippen LogP contribution < -0.4 is 0 Å². The van der Waals surface area contributed by atoms with Crippen LogP contribution in [0.25, 0.3) is 0 Å². The molecule has 1 N–H and O–H groups in total. The Kier molecular flexibility index (Phi) is 3.62. The van der Waals surface area contributed by atoms with E-state index in [-0.39, 0.29) is 5.41 Å². The van der Waals surface area contributed by atoms with Gasteiger partial charge in [0.25, 0.3) is 0 Å². The summed E-state index contributed by atoms with van der Waals surface area (Å²) in [5, 5.41) is 9.58. The monoisotopic (exact) mass is 250 g/mol. The summed E-state index contributed by atoms with van der Waals surface area (Å²) in [6.45, 7) is 6.09. The number of rotatable bonds is 1. The zero-order valence-corrected chi connectivity index (χ0v) is 11.6. The third-order valence-electron chi connectivity index (χ3n) is 3.21. The highest BCUT2D eigenvalue weighted by atomic mass is 16.3. The molecule has 0 bridgehead atoms. The third-order valence-corrected chi connectivity index (χ3v) is 3.21. The molecule has 0 amide bonds. The lowest BCUT2D eigenvalue weighted by atomic mass is 9.84. The van der Waals surface area contributed by atoms with Crippen molar-refractivity contribution in [1.29, 1.82) is 0 Å². The first-order valence-electron chi connectivity index (χ1n) is 6.37. The van der Waals surface area contributed by atoms with Crippen LogP contribution in [0, 0.1) is 18.8 Å². The van der Waals surface area contributed by atoms with Crippen molar-refractivity contribution >= 4 is 0 Å². The average Bonchev–Trinajstić information content (AvgIpc) is 2.41. The van der Waals surface area contributed by atoms with Gasteiger partial charge in [-0.05, 0) is 50.1 Å². The summed E-state index contributed by atoms with van der Waals surface area (Å²) in [7, 11) is 0. The van der Waals surface area contributed by atoms with Crippen LogP contribution in [0.3, 0.4) is 0 Å². The van der Waals surface area contributed by atoms with Crippen molar-refractivity contribution in [2.45, 2.75) is 26.2 Å². The Balaban J connectivity index is 2.32. The van der Waals surface area contributed by atoms with Gasteiger partial charge in [-0.3, -0.25) is 0 Å². The molecule has 0 saturated carbocycles. The number of hydrogen-bond acceptors (Lipinski definition) is 1. The van der Waals surface area contributed by atoms with Crippen molar-refractivity contribution in [2.75, 3.05) is 0 Å². The summed E-state index contributed by atoms with van der Waals surface area (Å²) in [6, 6.07) is 15.6. The SMILES string of the molecule is Cc1cc(C(C)(C)C#Cc2ccccc2)ccc1O. The molecule has 2 aromatic rings. The minimum Gasteiger partial charge on any atom is -0.508 e. The van der Waals surface area contributed by atoms with E-state index in [2.05, 4.69) is 25.7 Å². The zero-order chi connectivity index (χ0) is 13.9. The minimum atomic E-state index is -0.242. The second-order valence-electron chi connectivity index (χ2n) is 5.24. The summed E-state index contributed by atoms with van der Waals surface area (Å²) in [5.41, 5.74) is 2.78. The zero-order valence-electron chi connectivity index (χ0n) is 11.6. The Hall–Kier alpha value is -2.20. The molecule has 1 nitrogen and oxygen atoms in total. The summed E-state index contributed by atoms with van der Waals surface area (Å²) in [6.07, 6.45) is 0. The molecule has 0 radical (unpaired) electrons. The van der Waals surface area contributed by atoms with E-state index in [1.165, 1.54) is 0 Å². The van der Waals surface area contributed by atoms with Gasteiger partial charge in [0.15, 0.2) is 0 Å². The fourth-order valence-electron chi connectivity index (χ4n) is 1.87. The van der Waals surface area contributed by atoms with E-state index in [9.17, 15) is 5.11 Å². The largest absolute Gasteiger partial charge is 0.508 e. The Morgan fingerprint density at radius 2 is 1.68 bits per heavy atom. The molecule has 0 aromatic heterocycles. The first kappa shape index (κ1) is 13.2. The summed E-state index contributed by atoms with van der Waals surface area (Å²) >= 11 is 0. The Morgan fingerprint density at radius 3 is 2.32 bits per heavy atom. The Bertz CT molecular complexity index is 628. The molecule has 0 spiro atoms. The maximum atomic E-state index is 9.58. The van der Waals surface area contributed by atoms with Crippen LogP contribution in [0.4, 0.5) is 0 Å². The van der Waals surface area contributed by atoms with E-state index in [1.807, 2.05) is 49.4 Å². The molecule has 0 aliphatic heterocycles. The maximum absolute atomic E-state index is 9.58. The van der Waals surface area contributed by atoms with Crippen LogP contribution >= 0.6 is 0 Å². The van der Waals surface area contributed by atoms with E-state index in [0.29, 0.717) is 5.75 Å². The molecule has 0 aliphatic rings. The second kappa shape index (κ2) is 5.20. The van der Waals surface area contributed by atoms with E-state index < -0.39 is 0 Å². The van der Waals surface area contributed by atoms with Crippen LogP contribution in [-0.2, 0) is 5.41 Å². The standard InChI is InChI=1S/C18H18O/c1-14-13-16(9-10-17(14)19)18(2,3)12-11-15-7-5-4-6-8-15/h4-10,13,19H,1-3H3. The molecule has 0 fully saturated rings. The lowest BCUT2D eigenvalue weighted by molar-refractivity contribution is 0.470. The highest BCUT2D eigenvalue weighted by Crippen LogP contribution is 2.27. The molecule has 0 heterocycles. The van der Waals surface area contributed by atoms with Gasteiger partial charge in [-0.15, -0.1) is 0 Å². The summed E-state index contributed by atoms with van der Waals surface area (Å²) < 4.78 is 0. The van der Waals surface area contributed by atoms with Gasteiger partial charge in [-0.25, -0.2) is 0 Å². The first-order valence-corrected chi connectivity index (χ1v) is 6.37. The van der Waals surface area contributed by atoms with Crippen LogP contribution in [0.1, 0.15) is 30.5 Å². The van der Waals surface area contributed by atoms with Gasteiger partial charge in [0, 0.05) is 5.56 Å². The van der Waals surface area contributed by atoms with Crippen LogP contribution in [0.2, 0.25) is 0 Å². The predicted octanol–water partition coefficient (Wildman–Crippen LogP) is 4.03. The van der Waals surface area contributed by atoms with E-state index >= 15 is 0 Å². The Morgan fingerprint density at radius 1 is 1.00 bits per heavy atom. The van der Waals surface area contributed by atoms with Gasteiger partial charge in [0.2, 0.25) is 0 Å². The van der Waals surface area contributed by atoms with Gasteiger partial charge in [-0.2, -0.15) is 0 Å². The number of aryl methyl sites for hydroxylation is 1. The van der Waals surface area contributed by atoms with E-state index in [0.717, 1.165) is 16.7 Å². The van der Waals surface area contributed by atoms with Crippen LogP contribution in [0.15, 0.2) is 48.5 Å². The molecular formula is C18H18O. The molecule has 19 heavy (non-hydrogen) atoms. The summed E-state index contributed by atoms with van der Waals surface area (Å²) in [4.78, 5) is 0. The van der Waals surface area contributed by atoms with Crippen LogP contribution in [-0.4, -0.2) is 5.11 Å². The fourth-order valence-corrected chi connectivity index (χ4v) is 1.87. The minimum absolute atomic E-state index is 0.242. The first-order chi connectivity index (χ1) is 8.99. The molecular weight excluding hydrogens is 232 g/mol. The molecule has 0 atom stereocenters. The normalized spacial score (nSPS) is 10.7. The van der Waals surface area contributed by atoms with Crippen molar-refractivity contribution in [3.8, 4) is 17.6 Å². The lowest BCUT2D eigenvalue weighted by Crippen LogP contribution is -2.14. The molecule has 2 rings (SSSR count). The second-order valence-corrected chi connectivity index (χ2v) is 5.24. The van der Waals surface area contributed by atoms with Gasteiger partial charge >= 0.3 is 0 Å². The summed E-state index contributed by atoms with van der Waals surface area (Å²) in [5.74, 6) is 6.84. The highest BCUT2D eigenvalue weighted by molar-refractivity contribution is 5.44. The van der Waals surface area contributed by atoms with Crippen molar-refractivity contribution in [1.82, 2.24) is 0 Å². The number of phenolic OH excluding ortho intramolecular Hbond substituents is 1. The smallest absolute Gasteiger partial charge is 0.118 e. The average molecular weight is 250 g/mol. The highest BCUT2D eigenvalue weighted by Gasteiger charge is 2.18. The van der Waals surface area contributed by atoms with Crippen molar-refractivity contribution in [2.24, 2.45) is 0 Å². The van der Waals surface area contributed by atoms with Gasteiger partial charge in [0.05, 0.1) is 5.41 Å². The third kappa shape index (κ3) is 3.17.